The number of nitrogens with zero attached hydrogens (tertiary/aromatic N) is 2. The summed E-state index contributed by atoms with van der Waals surface area (Å²) in [6.07, 6.45) is -0.582. The van der Waals surface area contributed by atoms with Crippen LogP contribution in [0.2, 0.25) is 0 Å². The number of hydrogen-bond acceptors (Lipinski definition) is 5. The SMILES string of the molecule is COc1cccc(OCC(O)CN2CCN(c3ccccc3F)CC2)c1.Cl.Cl. The second-order valence-electron chi connectivity index (χ2n) is 6.38. The maximum Gasteiger partial charge on any atom is 0.146 e. The first-order valence-electron chi connectivity index (χ1n) is 8.82. The summed E-state index contributed by atoms with van der Waals surface area (Å²) in [5, 5.41) is 10.2. The minimum atomic E-state index is -0.582. The minimum Gasteiger partial charge on any atom is -0.497 e. The van der Waals surface area contributed by atoms with Crippen molar-refractivity contribution in [1.29, 1.82) is 0 Å². The molecule has 0 radical (unpaired) electrons. The summed E-state index contributed by atoms with van der Waals surface area (Å²) < 4.78 is 24.7. The number of rotatable bonds is 7. The lowest BCUT2D eigenvalue weighted by molar-refractivity contribution is 0.0662. The highest BCUT2D eigenvalue weighted by molar-refractivity contribution is 5.85. The van der Waals surface area contributed by atoms with Crippen LogP contribution in [0.1, 0.15) is 0 Å². The van der Waals surface area contributed by atoms with Gasteiger partial charge in [-0.15, -0.1) is 24.8 Å². The van der Waals surface area contributed by atoms with Gasteiger partial charge < -0.3 is 19.5 Å². The van der Waals surface area contributed by atoms with Crippen molar-refractivity contribution in [2.24, 2.45) is 0 Å². The number of halogens is 3. The van der Waals surface area contributed by atoms with Crippen LogP contribution in [0.15, 0.2) is 48.5 Å². The molecule has 0 amide bonds. The Morgan fingerprint density at radius 2 is 1.68 bits per heavy atom. The van der Waals surface area contributed by atoms with E-state index in [1.54, 1.807) is 19.2 Å². The highest BCUT2D eigenvalue weighted by Crippen LogP contribution is 2.21. The fourth-order valence-corrected chi connectivity index (χ4v) is 3.11. The Kier molecular flexibility index (Phi) is 10.4. The molecule has 1 N–H and O–H groups in total. The number of para-hydroxylation sites is 1. The maximum absolute atomic E-state index is 13.9. The summed E-state index contributed by atoms with van der Waals surface area (Å²) in [4.78, 5) is 4.22. The highest BCUT2D eigenvalue weighted by atomic mass is 35.5. The monoisotopic (exact) mass is 432 g/mol. The number of ether oxygens (including phenoxy) is 2. The van der Waals surface area contributed by atoms with Gasteiger partial charge in [0.1, 0.15) is 30.0 Å². The van der Waals surface area contributed by atoms with Crippen LogP contribution < -0.4 is 14.4 Å². The molecule has 1 heterocycles. The fraction of sp³-hybridized carbons (Fsp3) is 0.400. The van der Waals surface area contributed by atoms with E-state index in [2.05, 4.69) is 4.90 Å². The molecule has 1 atom stereocenters. The molecule has 0 bridgehead atoms. The number of aliphatic hydroxyl groups is 1. The Bertz CT molecular complexity index is 715. The van der Waals surface area contributed by atoms with Crippen LogP contribution in [-0.4, -0.2) is 62.6 Å². The average molecular weight is 433 g/mol. The largest absolute Gasteiger partial charge is 0.497 e. The molecule has 1 unspecified atom stereocenters. The predicted octanol–water partition coefficient (Wildman–Crippen LogP) is 3.24. The molecule has 3 rings (SSSR count). The lowest BCUT2D eigenvalue weighted by Gasteiger charge is -2.36. The van der Waals surface area contributed by atoms with E-state index >= 15 is 0 Å². The first-order chi connectivity index (χ1) is 12.7. The molecule has 1 fully saturated rings. The third-order valence-electron chi connectivity index (χ3n) is 4.52. The molecule has 1 saturated heterocycles. The van der Waals surface area contributed by atoms with Crippen LogP contribution in [0.3, 0.4) is 0 Å². The lowest BCUT2D eigenvalue weighted by atomic mass is 10.2. The third kappa shape index (κ3) is 6.71. The average Bonchev–Trinajstić information content (AvgIpc) is 2.68. The van der Waals surface area contributed by atoms with Crippen molar-refractivity contribution in [2.75, 3.05) is 51.3 Å². The molecule has 2 aromatic carbocycles. The number of β-amino-alcohol motifs (C(OH)–C–C–N with tert-alkyl or cyclic N) is 1. The summed E-state index contributed by atoms with van der Waals surface area (Å²) in [5.74, 6) is 1.21. The second kappa shape index (κ2) is 12.0. The van der Waals surface area contributed by atoms with Crippen LogP contribution >= 0.6 is 24.8 Å². The van der Waals surface area contributed by atoms with Crippen molar-refractivity contribution >= 4 is 30.5 Å². The van der Waals surface area contributed by atoms with E-state index < -0.39 is 6.10 Å². The Balaban J connectivity index is 0.00000196. The van der Waals surface area contributed by atoms with Crippen LogP contribution in [0, 0.1) is 5.82 Å². The molecule has 0 aromatic heterocycles. The van der Waals surface area contributed by atoms with E-state index in [4.69, 9.17) is 9.47 Å². The Hall–Kier alpha value is -1.73. The maximum atomic E-state index is 13.9. The van der Waals surface area contributed by atoms with Crippen molar-refractivity contribution in [2.45, 2.75) is 6.10 Å². The summed E-state index contributed by atoms with van der Waals surface area (Å²) in [6, 6.07) is 14.2. The summed E-state index contributed by atoms with van der Waals surface area (Å²) >= 11 is 0. The first-order valence-corrected chi connectivity index (χ1v) is 8.82. The topological polar surface area (TPSA) is 45.2 Å². The van der Waals surface area contributed by atoms with Gasteiger partial charge in [-0.1, -0.05) is 18.2 Å². The Morgan fingerprint density at radius 3 is 2.36 bits per heavy atom. The van der Waals surface area contributed by atoms with Gasteiger partial charge in [0, 0.05) is 38.8 Å². The van der Waals surface area contributed by atoms with E-state index in [0.717, 1.165) is 31.9 Å². The second-order valence-corrected chi connectivity index (χ2v) is 6.38. The van der Waals surface area contributed by atoms with Gasteiger partial charge in [-0.3, -0.25) is 4.90 Å². The van der Waals surface area contributed by atoms with Crippen LogP contribution in [-0.2, 0) is 0 Å². The van der Waals surface area contributed by atoms with Gasteiger partial charge in [0.05, 0.1) is 12.8 Å². The number of aliphatic hydroxyl groups excluding tert-OH is 1. The van der Waals surface area contributed by atoms with Crippen molar-refractivity contribution in [3.63, 3.8) is 0 Å². The van der Waals surface area contributed by atoms with Gasteiger partial charge in [0.2, 0.25) is 0 Å². The van der Waals surface area contributed by atoms with Gasteiger partial charge in [-0.2, -0.15) is 0 Å². The number of anilines is 1. The van der Waals surface area contributed by atoms with Crippen molar-refractivity contribution in [3.05, 3.63) is 54.3 Å². The smallest absolute Gasteiger partial charge is 0.146 e. The quantitative estimate of drug-likeness (QED) is 0.727. The van der Waals surface area contributed by atoms with Gasteiger partial charge in [0.15, 0.2) is 0 Å². The Labute approximate surface area is 177 Å². The number of hydrogen-bond donors (Lipinski definition) is 1. The number of benzene rings is 2. The third-order valence-corrected chi connectivity index (χ3v) is 4.52. The summed E-state index contributed by atoms with van der Waals surface area (Å²) in [5.41, 5.74) is 0.647. The zero-order valence-corrected chi connectivity index (χ0v) is 17.4. The van der Waals surface area contributed by atoms with Crippen LogP contribution in [0.5, 0.6) is 11.5 Å². The molecular formula is C20H27Cl2FN2O3. The first kappa shape index (κ1) is 24.3. The van der Waals surface area contributed by atoms with E-state index in [9.17, 15) is 9.50 Å². The molecule has 1 aliphatic rings. The minimum absolute atomic E-state index is 0. The molecular weight excluding hydrogens is 406 g/mol. The van der Waals surface area contributed by atoms with Crippen molar-refractivity contribution in [3.8, 4) is 11.5 Å². The Morgan fingerprint density at radius 1 is 1.00 bits per heavy atom. The zero-order chi connectivity index (χ0) is 18.4. The molecule has 0 saturated carbocycles. The molecule has 156 valence electrons. The zero-order valence-electron chi connectivity index (χ0n) is 15.8. The highest BCUT2D eigenvalue weighted by Gasteiger charge is 2.21. The van der Waals surface area contributed by atoms with E-state index in [-0.39, 0.29) is 37.2 Å². The number of piperazine rings is 1. The van der Waals surface area contributed by atoms with Crippen molar-refractivity contribution in [1.82, 2.24) is 4.90 Å². The van der Waals surface area contributed by atoms with E-state index in [1.165, 1.54) is 6.07 Å². The molecule has 1 aliphatic heterocycles. The molecule has 2 aromatic rings. The molecule has 5 nitrogen and oxygen atoms in total. The fourth-order valence-electron chi connectivity index (χ4n) is 3.11. The molecule has 0 spiro atoms. The number of methoxy groups -OCH3 is 1. The van der Waals surface area contributed by atoms with Gasteiger partial charge in [-0.25, -0.2) is 4.39 Å². The van der Waals surface area contributed by atoms with Gasteiger partial charge in [0.25, 0.3) is 0 Å². The summed E-state index contributed by atoms with van der Waals surface area (Å²) in [6.45, 7) is 3.81. The lowest BCUT2D eigenvalue weighted by Crippen LogP contribution is -2.49. The molecule has 8 heteroatoms. The van der Waals surface area contributed by atoms with Gasteiger partial charge in [-0.05, 0) is 24.3 Å². The van der Waals surface area contributed by atoms with E-state index in [1.807, 2.05) is 35.2 Å². The summed E-state index contributed by atoms with van der Waals surface area (Å²) in [7, 11) is 1.61. The van der Waals surface area contributed by atoms with Crippen LogP contribution in [0.4, 0.5) is 10.1 Å². The van der Waals surface area contributed by atoms with Crippen molar-refractivity contribution < 1.29 is 19.0 Å². The van der Waals surface area contributed by atoms with E-state index in [0.29, 0.717) is 18.0 Å². The van der Waals surface area contributed by atoms with Crippen LogP contribution in [0.25, 0.3) is 0 Å². The predicted molar refractivity (Wildman–Crippen MR) is 114 cm³/mol. The van der Waals surface area contributed by atoms with Gasteiger partial charge >= 0.3 is 0 Å². The molecule has 28 heavy (non-hydrogen) atoms. The molecule has 0 aliphatic carbocycles. The standard InChI is InChI=1S/C20H25FN2O3.2ClH/c1-25-17-5-4-6-18(13-17)26-15-16(24)14-22-9-11-23(12-10-22)20-8-3-2-7-19(20)21;;/h2-8,13,16,24H,9-12,14-15H2,1H3;2*1H. The normalized spacial score (nSPS) is 15.2.